The van der Waals surface area contributed by atoms with Crippen molar-refractivity contribution >= 4 is 11.9 Å². The fourth-order valence-corrected chi connectivity index (χ4v) is 5.20. The van der Waals surface area contributed by atoms with Crippen LogP contribution in [0.15, 0.2) is 53.5 Å². The summed E-state index contributed by atoms with van der Waals surface area (Å²) in [5.41, 5.74) is -0.743. The number of carbonyl (C=O) groups excluding carboxylic acids is 2. The number of benzene rings is 2. The van der Waals surface area contributed by atoms with E-state index in [4.69, 9.17) is 4.74 Å². The molecule has 2 aliphatic rings. The van der Waals surface area contributed by atoms with Crippen molar-refractivity contribution < 1.29 is 27.5 Å². The topological polar surface area (TPSA) is 81.5 Å². The van der Waals surface area contributed by atoms with E-state index in [9.17, 15) is 23.2 Å². The molecule has 10 heteroatoms. The van der Waals surface area contributed by atoms with Gasteiger partial charge in [-0.3, -0.25) is 14.4 Å². The molecule has 3 aromatic rings. The highest BCUT2D eigenvalue weighted by atomic mass is 19.2. The normalized spacial score (nSPS) is 19.8. The standard InChI is InChI=1S/C25H20F3N3O4/c1-13(32)35-24-19(33)12-29-31-22(18-9-4-10-30(18)25(34)23(24)31)20(14-5-2-6-15(26)11-14)16-7-3-8-17(27)21(16)28/h2-3,5-8,11-12,18,20,22H,4,9-10H2,1H3/t18-,20?,22-/m1/s1. The number of nitrogens with zero attached hydrogens (tertiary/aromatic N) is 3. The Morgan fingerprint density at radius 1 is 1.14 bits per heavy atom. The lowest BCUT2D eigenvalue weighted by Crippen LogP contribution is -2.51. The predicted molar refractivity (Wildman–Crippen MR) is 118 cm³/mol. The molecular weight excluding hydrogens is 463 g/mol. The van der Waals surface area contributed by atoms with E-state index in [1.807, 2.05) is 0 Å². The smallest absolute Gasteiger partial charge is 0.308 e. The molecule has 1 saturated heterocycles. The molecule has 2 aliphatic heterocycles. The second kappa shape index (κ2) is 8.68. The number of fused-ring (bicyclic) bond motifs is 2. The van der Waals surface area contributed by atoms with Crippen LogP contribution in [-0.4, -0.2) is 39.1 Å². The van der Waals surface area contributed by atoms with Crippen LogP contribution in [-0.2, 0) is 4.79 Å². The second-order valence-corrected chi connectivity index (χ2v) is 8.60. The van der Waals surface area contributed by atoms with Gasteiger partial charge < -0.3 is 9.64 Å². The summed E-state index contributed by atoms with van der Waals surface area (Å²) in [6.07, 6.45) is 2.06. The monoisotopic (exact) mass is 483 g/mol. The predicted octanol–water partition coefficient (Wildman–Crippen LogP) is 3.58. The summed E-state index contributed by atoms with van der Waals surface area (Å²) in [4.78, 5) is 39.2. The third-order valence-electron chi connectivity index (χ3n) is 6.52. The van der Waals surface area contributed by atoms with Crippen LogP contribution >= 0.6 is 0 Å². The molecule has 0 saturated carbocycles. The lowest BCUT2D eigenvalue weighted by Gasteiger charge is -2.42. The fraction of sp³-hybridized carbons (Fsp3) is 0.280. The molecule has 0 aliphatic carbocycles. The van der Waals surface area contributed by atoms with E-state index in [0.717, 1.165) is 19.2 Å². The number of ether oxygens (including phenoxy) is 1. The van der Waals surface area contributed by atoms with Gasteiger partial charge in [-0.2, -0.15) is 5.10 Å². The van der Waals surface area contributed by atoms with Gasteiger partial charge in [0.25, 0.3) is 5.91 Å². The molecule has 0 radical (unpaired) electrons. The SMILES string of the molecule is CC(=O)Oc1c2n(ncc1=O)[C@@H](C(c1cccc(F)c1)c1cccc(F)c1F)[C@H]1CCCN1C2=O. The van der Waals surface area contributed by atoms with Gasteiger partial charge >= 0.3 is 5.97 Å². The molecule has 2 aromatic carbocycles. The van der Waals surface area contributed by atoms with Crippen LogP contribution in [0.25, 0.3) is 0 Å². The molecule has 180 valence electrons. The zero-order chi connectivity index (χ0) is 24.9. The average molecular weight is 483 g/mol. The molecule has 7 nitrogen and oxygen atoms in total. The molecule has 0 N–H and O–H groups in total. The minimum absolute atomic E-state index is 0.0534. The van der Waals surface area contributed by atoms with Crippen molar-refractivity contribution in [2.75, 3.05) is 6.54 Å². The summed E-state index contributed by atoms with van der Waals surface area (Å²) in [5, 5.41) is 4.18. The van der Waals surface area contributed by atoms with Crippen molar-refractivity contribution in [1.29, 1.82) is 0 Å². The summed E-state index contributed by atoms with van der Waals surface area (Å²) in [6, 6.07) is 7.88. The maximum Gasteiger partial charge on any atom is 0.308 e. The average Bonchev–Trinajstić information content (AvgIpc) is 3.30. The summed E-state index contributed by atoms with van der Waals surface area (Å²) in [6.45, 7) is 1.45. The molecule has 35 heavy (non-hydrogen) atoms. The van der Waals surface area contributed by atoms with Crippen molar-refractivity contribution in [2.45, 2.75) is 37.8 Å². The van der Waals surface area contributed by atoms with Crippen LogP contribution in [0.5, 0.6) is 5.75 Å². The summed E-state index contributed by atoms with van der Waals surface area (Å²) in [5.74, 6) is -5.58. The summed E-state index contributed by atoms with van der Waals surface area (Å²) in [7, 11) is 0. The number of hydrogen-bond acceptors (Lipinski definition) is 5. The fourth-order valence-electron chi connectivity index (χ4n) is 5.20. The van der Waals surface area contributed by atoms with Crippen LogP contribution in [0, 0.1) is 17.5 Å². The van der Waals surface area contributed by atoms with Gasteiger partial charge in [0, 0.05) is 24.9 Å². The minimum Gasteiger partial charge on any atom is -0.420 e. The van der Waals surface area contributed by atoms with E-state index in [2.05, 4.69) is 5.10 Å². The molecule has 1 unspecified atom stereocenters. The van der Waals surface area contributed by atoms with E-state index >= 15 is 4.39 Å². The molecule has 1 amide bonds. The quantitative estimate of drug-likeness (QED) is 0.530. The number of esters is 1. The third-order valence-corrected chi connectivity index (χ3v) is 6.52. The number of halogens is 3. The highest BCUT2D eigenvalue weighted by molar-refractivity contribution is 5.97. The lowest BCUT2D eigenvalue weighted by molar-refractivity contribution is -0.132. The number of amides is 1. The Hall–Kier alpha value is -3.95. The van der Waals surface area contributed by atoms with Crippen molar-refractivity contribution in [3.8, 4) is 5.75 Å². The zero-order valence-electron chi connectivity index (χ0n) is 18.6. The molecule has 3 atom stereocenters. The molecular formula is C25H20F3N3O4. The minimum atomic E-state index is -1.11. The van der Waals surface area contributed by atoms with Crippen molar-refractivity contribution in [2.24, 2.45) is 0 Å². The van der Waals surface area contributed by atoms with Crippen LogP contribution in [0.3, 0.4) is 0 Å². The highest BCUT2D eigenvalue weighted by Gasteiger charge is 2.49. The largest absolute Gasteiger partial charge is 0.420 e. The Bertz CT molecular complexity index is 1410. The summed E-state index contributed by atoms with van der Waals surface area (Å²) >= 11 is 0. The van der Waals surface area contributed by atoms with E-state index in [0.29, 0.717) is 24.9 Å². The van der Waals surface area contributed by atoms with E-state index in [1.54, 1.807) is 6.07 Å². The van der Waals surface area contributed by atoms with Gasteiger partial charge in [0.1, 0.15) is 5.82 Å². The number of hydrogen-bond donors (Lipinski definition) is 0. The van der Waals surface area contributed by atoms with E-state index in [1.165, 1.54) is 39.9 Å². The van der Waals surface area contributed by atoms with Crippen LogP contribution < -0.4 is 10.2 Å². The Balaban J connectivity index is 1.82. The van der Waals surface area contributed by atoms with Gasteiger partial charge in [-0.15, -0.1) is 0 Å². The first-order chi connectivity index (χ1) is 16.8. The molecule has 0 spiro atoms. The first-order valence-corrected chi connectivity index (χ1v) is 11.1. The van der Waals surface area contributed by atoms with Gasteiger partial charge in [0.2, 0.25) is 11.2 Å². The molecule has 3 heterocycles. The number of carbonyl (C=O) groups is 2. The number of aromatic nitrogens is 2. The molecule has 5 rings (SSSR count). The summed E-state index contributed by atoms with van der Waals surface area (Å²) < 4.78 is 50.2. The lowest BCUT2D eigenvalue weighted by atomic mass is 9.79. The maximum atomic E-state index is 15.2. The molecule has 1 aromatic heterocycles. The van der Waals surface area contributed by atoms with Crippen molar-refractivity contribution in [3.05, 3.63) is 93.2 Å². The Morgan fingerprint density at radius 3 is 2.66 bits per heavy atom. The Kier molecular flexibility index (Phi) is 5.66. The highest BCUT2D eigenvalue weighted by Crippen LogP contribution is 2.46. The first kappa shape index (κ1) is 22.8. The van der Waals surface area contributed by atoms with Gasteiger partial charge in [-0.05, 0) is 36.6 Å². The maximum absolute atomic E-state index is 15.2. The Morgan fingerprint density at radius 2 is 1.91 bits per heavy atom. The number of rotatable bonds is 4. The van der Waals surface area contributed by atoms with Crippen molar-refractivity contribution in [1.82, 2.24) is 14.7 Å². The Labute approximate surface area is 197 Å². The van der Waals surface area contributed by atoms with Gasteiger partial charge in [-0.25, -0.2) is 17.9 Å². The van der Waals surface area contributed by atoms with Crippen molar-refractivity contribution in [3.63, 3.8) is 0 Å². The van der Waals surface area contributed by atoms with E-state index in [-0.39, 0.29) is 11.3 Å². The molecule has 1 fully saturated rings. The second-order valence-electron chi connectivity index (χ2n) is 8.60. The third kappa shape index (κ3) is 3.78. The van der Waals surface area contributed by atoms with E-state index < -0.39 is 58.5 Å². The first-order valence-electron chi connectivity index (χ1n) is 11.1. The molecule has 0 bridgehead atoms. The zero-order valence-corrected chi connectivity index (χ0v) is 18.6. The van der Waals surface area contributed by atoms with Gasteiger partial charge in [0.15, 0.2) is 17.3 Å². The van der Waals surface area contributed by atoms with Gasteiger partial charge in [-0.1, -0.05) is 24.3 Å². The van der Waals surface area contributed by atoms with Gasteiger partial charge in [0.05, 0.1) is 18.3 Å². The van der Waals surface area contributed by atoms with Crippen LogP contribution in [0.2, 0.25) is 0 Å². The van der Waals surface area contributed by atoms with Crippen LogP contribution in [0.1, 0.15) is 53.3 Å². The van der Waals surface area contributed by atoms with Crippen LogP contribution in [0.4, 0.5) is 13.2 Å².